The van der Waals surface area contributed by atoms with Crippen LogP contribution in [0.3, 0.4) is 0 Å². The summed E-state index contributed by atoms with van der Waals surface area (Å²) in [6, 6.07) is 0. The Balaban J connectivity index is 0. The van der Waals surface area contributed by atoms with Crippen LogP contribution in [0.5, 0.6) is 0 Å². The molecule has 0 aliphatic rings. The maximum absolute atomic E-state index is 0. The second-order valence-electron chi connectivity index (χ2n) is 0. The third-order valence-electron chi connectivity index (χ3n) is 0. The molecular formula is H7Fe2LiO3. The fraction of sp³-hybridized carbons (Fsp3) is 0. The van der Waals surface area contributed by atoms with E-state index in [1.165, 1.54) is 0 Å². The van der Waals surface area contributed by atoms with Crippen molar-refractivity contribution < 1.29 is 70.9 Å². The smallest absolute Gasteiger partial charge is 1.00 e. The van der Waals surface area contributed by atoms with Crippen molar-refractivity contribution in [3.63, 3.8) is 0 Å². The molecule has 42 valence electrons. The molecule has 0 radical (unpaired) electrons. The van der Waals surface area contributed by atoms with Gasteiger partial charge in [0.25, 0.3) is 0 Å². The first-order valence-electron chi connectivity index (χ1n) is 0. The molecule has 0 spiro atoms. The number of hydrogen-bond donors (Lipinski definition) is 0. The van der Waals surface area contributed by atoms with Crippen molar-refractivity contribution in [1.29, 1.82) is 0 Å². The van der Waals surface area contributed by atoms with E-state index in [9.17, 15) is 0 Å². The predicted octanol–water partition coefficient (Wildman–Crippen LogP) is -5.36. The monoisotopic (exact) mass is 174 g/mol. The Morgan fingerprint density at radius 2 is 0.667 bits per heavy atom. The van der Waals surface area contributed by atoms with Gasteiger partial charge < -0.3 is 17.9 Å². The van der Waals surface area contributed by atoms with E-state index in [4.69, 9.17) is 0 Å². The van der Waals surface area contributed by atoms with Crippen LogP contribution in [0.15, 0.2) is 0 Å². The Bertz CT molecular complexity index is 12.9. The van der Waals surface area contributed by atoms with Gasteiger partial charge in [-0.05, 0) is 0 Å². The molecule has 0 aliphatic carbocycles. The van der Waals surface area contributed by atoms with Crippen molar-refractivity contribution >= 4 is 0 Å². The minimum Gasteiger partial charge on any atom is -1.00 e. The molecule has 6 heavy (non-hydrogen) atoms. The summed E-state index contributed by atoms with van der Waals surface area (Å²) in [5.74, 6) is 0. The maximum Gasteiger partial charge on any atom is 1.00 e. The van der Waals surface area contributed by atoms with Gasteiger partial charge in [-0.15, -0.1) is 0 Å². The number of hydrogen-bond acceptors (Lipinski definition) is 0. The van der Waals surface area contributed by atoms with Gasteiger partial charge in [0.05, 0.1) is 0 Å². The molecule has 0 heterocycles. The molecule has 0 atom stereocenters. The molecule has 0 bridgehead atoms. The van der Waals surface area contributed by atoms with E-state index in [1.807, 2.05) is 0 Å². The van der Waals surface area contributed by atoms with Crippen LogP contribution in [0.25, 0.3) is 0 Å². The van der Waals surface area contributed by atoms with Gasteiger partial charge in [0.1, 0.15) is 0 Å². The topological polar surface area (TPSA) is 94.5 Å². The first kappa shape index (κ1) is 139. The van der Waals surface area contributed by atoms with E-state index < -0.39 is 0 Å². The van der Waals surface area contributed by atoms with E-state index in [-0.39, 0.29) is 70.9 Å². The van der Waals surface area contributed by atoms with Gasteiger partial charge in [-0.25, -0.2) is 0 Å². The van der Waals surface area contributed by atoms with E-state index in [2.05, 4.69) is 0 Å². The Hall–Kier alpha value is 1.52. The second kappa shape index (κ2) is 86.2. The van der Waals surface area contributed by atoms with E-state index in [1.54, 1.807) is 0 Å². The zero-order valence-electron chi connectivity index (χ0n) is 4.21. The fourth-order valence-electron chi connectivity index (χ4n) is 0. The molecule has 0 fully saturated rings. The average molecular weight is 174 g/mol. The third kappa shape index (κ3) is 48.9. The van der Waals surface area contributed by atoms with E-state index >= 15 is 0 Å². The zero-order valence-corrected chi connectivity index (χ0v) is 5.42. The standard InChI is InChI=1S/2Fe.Li.3H2O.H/h;;;3*1H2;/q;;+1;;;;-1. The zero-order chi connectivity index (χ0) is 0. The molecule has 6 heteroatoms. The molecule has 0 saturated carbocycles. The van der Waals surface area contributed by atoms with Crippen molar-refractivity contribution in [1.82, 2.24) is 0 Å². The van der Waals surface area contributed by atoms with Crippen LogP contribution in [-0.4, -0.2) is 16.4 Å². The van der Waals surface area contributed by atoms with Crippen LogP contribution in [0.4, 0.5) is 0 Å². The van der Waals surface area contributed by atoms with Crippen molar-refractivity contribution in [2.75, 3.05) is 0 Å². The van der Waals surface area contributed by atoms with Crippen LogP contribution >= 0.6 is 0 Å². The van der Waals surface area contributed by atoms with Gasteiger partial charge in [-0.1, -0.05) is 0 Å². The quantitative estimate of drug-likeness (QED) is 0.327. The normalized spacial score (nSPS) is 0. The molecule has 0 rings (SSSR count). The molecule has 3 nitrogen and oxygen atoms in total. The molecule has 0 aromatic carbocycles. The first-order chi connectivity index (χ1) is 0. The minimum absolute atomic E-state index is 0. The first-order valence-corrected chi connectivity index (χ1v) is 0. The number of rotatable bonds is 0. The Labute approximate surface area is 70.8 Å². The third-order valence-corrected chi connectivity index (χ3v) is 0. The Morgan fingerprint density at radius 3 is 0.667 bits per heavy atom. The van der Waals surface area contributed by atoms with Crippen LogP contribution < -0.4 is 18.9 Å². The molecule has 6 N–H and O–H groups in total. The van der Waals surface area contributed by atoms with Gasteiger partial charge in [-0.2, -0.15) is 0 Å². The van der Waals surface area contributed by atoms with Crippen LogP contribution in [0.1, 0.15) is 1.43 Å². The van der Waals surface area contributed by atoms with Gasteiger partial charge in [0.15, 0.2) is 0 Å². The summed E-state index contributed by atoms with van der Waals surface area (Å²) >= 11 is 0. The van der Waals surface area contributed by atoms with Gasteiger partial charge in [0.2, 0.25) is 0 Å². The molecule has 0 unspecified atom stereocenters. The summed E-state index contributed by atoms with van der Waals surface area (Å²) < 4.78 is 0. The van der Waals surface area contributed by atoms with Gasteiger partial charge in [0, 0.05) is 34.1 Å². The van der Waals surface area contributed by atoms with Crippen LogP contribution in [-0.2, 0) is 34.1 Å². The van der Waals surface area contributed by atoms with Crippen LogP contribution in [0, 0.1) is 0 Å². The molecule has 0 amide bonds. The maximum atomic E-state index is 0. The van der Waals surface area contributed by atoms with Crippen molar-refractivity contribution in [2.45, 2.75) is 0 Å². The summed E-state index contributed by atoms with van der Waals surface area (Å²) in [6.07, 6.45) is 0. The summed E-state index contributed by atoms with van der Waals surface area (Å²) in [5.41, 5.74) is 0. The largest absolute Gasteiger partial charge is 1.00 e. The fourth-order valence-corrected chi connectivity index (χ4v) is 0. The molecule has 0 aromatic rings. The summed E-state index contributed by atoms with van der Waals surface area (Å²) in [7, 11) is 0. The molecular weight excluding hydrogens is 167 g/mol. The molecule has 0 aromatic heterocycles. The summed E-state index contributed by atoms with van der Waals surface area (Å²) in [5, 5.41) is 0. The second-order valence-corrected chi connectivity index (χ2v) is 0. The average Bonchev–Trinajstić information content (AvgIpc) is 0. The Morgan fingerprint density at radius 1 is 0.667 bits per heavy atom. The molecule has 0 saturated heterocycles. The minimum atomic E-state index is 0. The van der Waals surface area contributed by atoms with E-state index in [0.717, 1.165) is 0 Å². The SMILES string of the molecule is O.O.O.[Fe].[Fe].[H-].[Li+]. The van der Waals surface area contributed by atoms with E-state index in [0.29, 0.717) is 0 Å². The van der Waals surface area contributed by atoms with Crippen molar-refractivity contribution in [2.24, 2.45) is 0 Å². The van der Waals surface area contributed by atoms with Gasteiger partial charge in [-0.3, -0.25) is 0 Å². The van der Waals surface area contributed by atoms with Crippen molar-refractivity contribution in [3.8, 4) is 0 Å². The van der Waals surface area contributed by atoms with Crippen molar-refractivity contribution in [3.05, 3.63) is 0 Å². The predicted molar refractivity (Wildman–Crippen MR) is 12.0 cm³/mol. The van der Waals surface area contributed by atoms with Crippen LogP contribution in [0.2, 0.25) is 0 Å². The van der Waals surface area contributed by atoms with Gasteiger partial charge >= 0.3 is 18.9 Å². The summed E-state index contributed by atoms with van der Waals surface area (Å²) in [6.45, 7) is 0. The Kier molecular flexibility index (Phi) is 2000. The summed E-state index contributed by atoms with van der Waals surface area (Å²) in [4.78, 5) is 0. The molecule has 0 aliphatic heterocycles.